The lowest BCUT2D eigenvalue weighted by Crippen LogP contribution is -2.37. The van der Waals surface area contributed by atoms with Crippen LogP contribution in [0.3, 0.4) is 0 Å². The molecule has 2 aromatic rings. The lowest BCUT2D eigenvalue weighted by Gasteiger charge is -2.36. The second kappa shape index (κ2) is 7.00. The number of pyridine rings is 1. The van der Waals surface area contributed by atoms with Crippen LogP contribution in [-0.2, 0) is 6.42 Å². The van der Waals surface area contributed by atoms with Crippen molar-refractivity contribution in [2.24, 2.45) is 11.8 Å². The number of hydrogen-bond donors (Lipinski definition) is 0. The Morgan fingerprint density at radius 2 is 2.09 bits per heavy atom. The average Bonchev–Trinajstić information content (AvgIpc) is 2.53. The first-order chi connectivity index (χ1) is 11.1. The van der Waals surface area contributed by atoms with Crippen LogP contribution in [0.2, 0.25) is 0 Å². The Balaban J connectivity index is 2.02. The summed E-state index contributed by atoms with van der Waals surface area (Å²) in [5.74, 6) is 2.02. The summed E-state index contributed by atoms with van der Waals surface area (Å²) in [5.41, 5.74) is 2.79. The van der Waals surface area contributed by atoms with E-state index >= 15 is 0 Å². The Morgan fingerprint density at radius 3 is 2.83 bits per heavy atom. The molecule has 2 heteroatoms. The molecule has 1 aliphatic rings. The van der Waals surface area contributed by atoms with Crippen molar-refractivity contribution >= 4 is 10.8 Å². The predicted molar refractivity (Wildman–Crippen MR) is 98.9 cm³/mol. The minimum atomic E-state index is 0.606. The van der Waals surface area contributed by atoms with E-state index in [-0.39, 0.29) is 0 Å². The van der Waals surface area contributed by atoms with Gasteiger partial charge in [-0.2, -0.15) is 0 Å². The molecule has 0 amide bonds. The first-order valence-corrected chi connectivity index (χ1v) is 9.14. The van der Waals surface area contributed by atoms with Crippen molar-refractivity contribution in [1.82, 2.24) is 9.88 Å². The highest BCUT2D eigenvalue weighted by atomic mass is 15.1. The number of fused-ring (bicyclic) bond motifs is 1. The molecule has 0 saturated carbocycles. The molecule has 1 aliphatic heterocycles. The Kier molecular flexibility index (Phi) is 5.01. The quantitative estimate of drug-likeness (QED) is 0.800. The molecule has 1 aromatic heterocycles. The monoisotopic (exact) mass is 310 g/mol. The van der Waals surface area contributed by atoms with Gasteiger partial charge in [0.15, 0.2) is 0 Å². The number of aromatic nitrogens is 1. The number of rotatable bonds is 4. The zero-order valence-corrected chi connectivity index (χ0v) is 15.0. The highest BCUT2D eigenvalue weighted by Gasteiger charge is 2.29. The summed E-state index contributed by atoms with van der Waals surface area (Å²) in [4.78, 5) is 7.33. The maximum Gasteiger partial charge on any atom is 0.0516 e. The third-order valence-electron chi connectivity index (χ3n) is 5.32. The number of piperidine rings is 1. The number of hydrogen-bond acceptors (Lipinski definition) is 2. The van der Waals surface area contributed by atoms with Gasteiger partial charge in [-0.25, -0.2) is 0 Å². The third kappa shape index (κ3) is 3.58. The van der Waals surface area contributed by atoms with Gasteiger partial charge in [0.2, 0.25) is 0 Å². The SMILES string of the molecule is CCC1CN(C)CCC1c1nccc2ccc(CC(C)C)cc12. The fourth-order valence-corrected chi connectivity index (χ4v) is 4.12. The molecule has 0 aliphatic carbocycles. The number of nitrogens with zero attached hydrogens (tertiary/aromatic N) is 2. The minimum Gasteiger partial charge on any atom is -0.306 e. The van der Waals surface area contributed by atoms with Gasteiger partial charge in [0, 0.05) is 24.0 Å². The summed E-state index contributed by atoms with van der Waals surface area (Å²) in [6.45, 7) is 9.29. The summed E-state index contributed by atoms with van der Waals surface area (Å²) < 4.78 is 0. The third-order valence-corrected chi connectivity index (χ3v) is 5.32. The molecule has 2 atom stereocenters. The van der Waals surface area contributed by atoms with Crippen LogP contribution < -0.4 is 0 Å². The van der Waals surface area contributed by atoms with Gasteiger partial charge in [-0.15, -0.1) is 0 Å². The van der Waals surface area contributed by atoms with Crippen molar-refractivity contribution in [2.75, 3.05) is 20.1 Å². The van der Waals surface area contributed by atoms with Crippen LogP contribution in [0.4, 0.5) is 0 Å². The van der Waals surface area contributed by atoms with E-state index < -0.39 is 0 Å². The number of likely N-dealkylation sites (tertiary alicyclic amines) is 1. The van der Waals surface area contributed by atoms with Gasteiger partial charge in [-0.3, -0.25) is 4.98 Å². The molecular formula is C21H30N2. The minimum absolute atomic E-state index is 0.606. The van der Waals surface area contributed by atoms with Crippen molar-refractivity contribution in [3.8, 4) is 0 Å². The van der Waals surface area contributed by atoms with E-state index in [9.17, 15) is 0 Å². The zero-order valence-electron chi connectivity index (χ0n) is 15.0. The van der Waals surface area contributed by atoms with Crippen molar-refractivity contribution in [2.45, 2.75) is 46.0 Å². The fraction of sp³-hybridized carbons (Fsp3) is 0.571. The molecule has 2 nitrogen and oxygen atoms in total. The highest BCUT2D eigenvalue weighted by molar-refractivity contribution is 5.85. The van der Waals surface area contributed by atoms with Gasteiger partial charge in [0.05, 0.1) is 5.69 Å². The van der Waals surface area contributed by atoms with Crippen LogP contribution in [0.25, 0.3) is 10.8 Å². The first kappa shape index (κ1) is 16.4. The lowest BCUT2D eigenvalue weighted by atomic mass is 9.80. The van der Waals surface area contributed by atoms with Crippen molar-refractivity contribution < 1.29 is 0 Å². The van der Waals surface area contributed by atoms with Gasteiger partial charge in [-0.1, -0.05) is 39.3 Å². The topological polar surface area (TPSA) is 16.1 Å². The summed E-state index contributed by atoms with van der Waals surface area (Å²) >= 11 is 0. The van der Waals surface area contributed by atoms with Crippen LogP contribution in [0, 0.1) is 11.8 Å². The van der Waals surface area contributed by atoms with Gasteiger partial charge < -0.3 is 4.90 Å². The van der Waals surface area contributed by atoms with Gasteiger partial charge in [-0.05, 0) is 61.4 Å². The Labute approximate surface area is 140 Å². The maximum atomic E-state index is 4.86. The van der Waals surface area contributed by atoms with Crippen LogP contribution in [-0.4, -0.2) is 30.0 Å². The smallest absolute Gasteiger partial charge is 0.0516 e. The van der Waals surface area contributed by atoms with E-state index in [2.05, 4.69) is 57.0 Å². The zero-order chi connectivity index (χ0) is 16.4. The van der Waals surface area contributed by atoms with E-state index in [0.29, 0.717) is 11.8 Å². The van der Waals surface area contributed by atoms with Crippen LogP contribution in [0.5, 0.6) is 0 Å². The molecule has 0 radical (unpaired) electrons. The Morgan fingerprint density at radius 1 is 1.26 bits per heavy atom. The summed E-state index contributed by atoms with van der Waals surface area (Å²) in [7, 11) is 2.25. The standard InChI is InChI=1S/C21H30N2/c1-5-17-14-23(4)11-9-19(17)21-20-13-16(12-15(2)3)6-7-18(20)8-10-22-21/h6-8,10,13,15,17,19H,5,9,11-12,14H2,1-4H3. The van der Waals surface area contributed by atoms with Crippen molar-refractivity contribution in [3.63, 3.8) is 0 Å². The summed E-state index contributed by atoms with van der Waals surface area (Å²) in [6.07, 6.45) is 5.62. The molecule has 23 heavy (non-hydrogen) atoms. The number of benzene rings is 1. The van der Waals surface area contributed by atoms with Crippen LogP contribution in [0.1, 0.15) is 50.8 Å². The van der Waals surface area contributed by atoms with E-state index in [1.807, 2.05) is 6.20 Å². The van der Waals surface area contributed by atoms with Gasteiger partial charge in [0.1, 0.15) is 0 Å². The highest BCUT2D eigenvalue weighted by Crippen LogP contribution is 2.37. The van der Waals surface area contributed by atoms with Gasteiger partial charge in [0.25, 0.3) is 0 Å². The molecule has 0 bridgehead atoms. The summed E-state index contributed by atoms with van der Waals surface area (Å²) in [6, 6.07) is 9.14. The normalized spacial score (nSPS) is 22.8. The molecule has 0 N–H and O–H groups in total. The van der Waals surface area contributed by atoms with E-state index in [1.54, 1.807) is 0 Å². The molecule has 1 aromatic carbocycles. The molecule has 1 fully saturated rings. The van der Waals surface area contributed by atoms with Crippen molar-refractivity contribution in [3.05, 3.63) is 41.7 Å². The molecular weight excluding hydrogens is 280 g/mol. The van der Waals surface area contributed by atoms with Crippen LogP contribution in [0.15, 0.2) is 30.5 Å². The second-order valence-electron chi connectivity index (χ2n) is 7.68. The maximum absolute atomic E-state index is 4.86. The fourth-order valence-electron chi connectivity index (χ4n) is 4.12. The molecule has 2 heterocycles. The predicted octanol–water partition coefficient (Wildman–Crippen LogP) is 4.88. The second-order valence-corrected chi connectivity index (χ2v) is 7.68. The average molecular weight is 310 g/mol. The Bertz CT molecular complexity index is 662. The van der Waals surface area contributed by atoms with Gasteiger partial charge >= 0.3 is 0 Å². The molecule has 1 saturated heterocycles. The Hall–Kier alpha value is -1.41. The largest absolute Gasteiger partial charge is 0.306 e. The van der Waals surface area contributed by atoms with Crippen LogP contribution >= 0.6 is 0 Å². The van der Waals surface area contributed by atoms with E-state index in [1.165, 1.54) is 48.0 Å². The molecule has 2 unspecified atom stereocenters. The van der Waals surface area contributed by atoms with Crippen molar-refractivity contribution in [1.29, 1.82) is 0 Å². The van der Waals surface area contributed by atoms with E-state index in [4.69, 9.17) is 4.98 Å². The molecule has 0 spiro atoms. The molecule has 3 rings (SSSR count). The summed E-state index contributed by atoms with van der Waals surface area (Å²) in [5, 5.41) is 2.73. The molecule has 124 valence electrons. The van der Waals surface area contributed by atoms with E-state index in [0.717, 1.165) is 12.3 Å². The lowest BCUT2D eigenvalue weighted by molar-refractivity contribution is 0.178. The first-order valence-electron chi connectivity index (χ1n) is 9.14.